The smallest absolute Gasteiger partial charge is 0.224 e. The van der Waals surface area contributed by atoms with E-state index in [9.17, 15) is 4.79 Å². The number of nitrogens with one attached hydrogen (secondary N) is 1. The van der Waals surface area contributed by atoms with Gasteiger partial charge in [0.25, 0.3) is 0 Å². The van der Waals surface area contributed by atoms with Crippen molar-refractivity contribution >= 4 is 5.91 Å². The lowest BCUT2D eigenvalue weighted by molar-refractivity contribution is -0.120. The second-order valence-electron chi connectivity index (χ2n) is 5.33. The highest BCUT2D eigenvalue weighted by atomic mass is 16.6. The third-order valence-electron chi connectivity index (χ3n) is 3.59. The molecule has 120 valence electrons. The Morgan fingerprint density at radius 3 is 2.87 bits per heavy atom. The third kappa shape index (κ3) is 3.94. The van der Waals surface area contributed by atoms with Crippen molar-refractivity contribution in [3.05, 3.63) is 54.1 Å². The van der Waals surface area contributed by atoms with Crippen molar-refractivity contribution in [1.82, 2.24) is 5.32 Å². The molecule has 3 rings (SSSR count). The molecule has 5 nitrogen and oxygen atoms in total. The lowest BCUT2D eigenvalue weighted by Crippen LogP contribution is -2.41. The van der Waals surface area contributed by atoms with Gasteiger partial charge in [-0.3, -0.25) is 4.79 Å². The minimum absolute atomic E-state index is 0.0549. The average molecular weight is 313 g/mol. The summed E-state index contributed by atoms with van der Waals surface area (Å²) in [5.41, 5.74) is 0.910. The van der Waals surface area contributed by atoms with Crippen LogP contribution in [0.25, 0.3) is 0 Å². The SMILES string of the molecule is COc1cccc(CC(=O)NC[C@H]2COc3ccccc3O2)c1. The summed E-state index contributed by atoms with van der Waals surface area (Å²) in [6.07, 6.45) is 0.126. The van der Waals surface area contributed by atoms with Crippen LogP contribution in [0, 0.1) is 0 Å². The van der Waals surface area contributed by atoms with Gasteiger partial charge in [0.2, 0.25) is 5.91 Å². The van der Waals surface area contributed by atoms with Gasteiger partial charge in [-0.05, 0) is 29.8 Å². The minimum atomic E-state index is -0.181. The highest BCUT2D eigenvalue weighted by Crippen LogP contribution is 2.30. The van der Waals surface area contributed by atoms with Crippen molar-refractivity contribution in [2.45, 2.75) is 12.5 Å². The van der Waals surface area contributed by atoms with Gasteiger partial charge in [0.1, 0.15) is 18.5 Å². The van der Waals surface area contributed by atoms with Crippen molar-refractivity contribution in [2.24, 2.45) is 0 Å². The number of rotatable bonds is 5. The van der Waals surface area contributed by atoms with Gasteiger partial charge in [0, 0.05) is 0 Å². The Bertz CT molecular complexity index is 686. The quantitative estimate of drug-likeness (QED) is 0.919. The third-order valence-corrected chi connectivity index (χ3v) is 3.59. The normalized spacial score (nSPS) is 15.8. The summed E-state index contributed by atoms with van der Waals surface area (Å²) in [5.74, 6) is 2.15. The van der Waals surface area contributed by atoms with E-state index in [1.165, 1.54) is 0 Å². The van der Waals surface area contributed by atoms with E-state index < -0.39 is 0 Å². The van der Waals surface area contributed by atoms with Crippen molar-refractivity contribution in [3.8, 4) is 17.2 Å². The van der Waals surface area contributed by atoms with Gasteiger partial charge >= 0.3 is 0 Å². The van der Waals surface area contributed by atoms with Crippen molar-refractivity contribution < 1.29 is 19.0 Å². The molecule has 2 aromatic carbocycles. The van der Waals surface area contributed by atoms with E-state index in [0.29, 0.717) is 25.3 Å². The molecule has 0 saturated carbocycles. The molecule has 0 unspecified atom stereocenters. The van der Waals surface area contributed by atoms with Crippen LogP contribution in [0.3, 0.4) is 0 Å². The Morgan fingerprint density at radius 1 is 1.22 bits per heavy atom. The van der Waals surface area contributed by atoms with Gasteiger partial charge in [0.05, 0.1) is 20.1 Å². The van der Waals surface area contributed by atoms with Gasteiger partial charge in [-0.25, -0.2) is 0 Å². The fraction of sp³-hybridized carbons (Fsp3) is 0.278. The molecule has 0 aliphatic carbocycles. The number of methoxy groups -OCH3 is 1. The number of carbonyl (C=O) groups is 1. The van der Waals surface area contributed by atoms with Crippen LogP contribution in [0.2, 0.25) is 0 Å². The Labute approximate surface area is 135 Å². The summed E-state index contributed by atoms with van der Waals surface area (Å²) in [6.45, 7) is 0.841. The molecule has 23 heavy (non-hydrogen) atoms. The molecule has 1 aliphatic rings. The first-order valence-electron chi connectivity index (χ1n) is 7.52. The van der Waals surface area contributed by atoms with E-state index in [0.717, 1.165) is 17.1 Å². The number of hydrogen-bond acceptors (Lipinski definition) is 4. The van der Waals surface area contributed by atoms with E-state index in [2.05, 4.69) is 5.32 Å². The molecule has 0 saturated heterocycles. The fourth-order valence-electron chi connectivity index (χ4n) is 2.42. The second kappa shape index (κ2) is 7.05. The second-order valence-corrected chi connectivity index (χ2v) is 5.33. The Kier molecular flexibility index (Phi) is 4.66. The number of carbonyl (C=O) groups excluding carboxylic acids is 1. The fourth-order valence-corrected chi connectivity index (χ4v) is 2.42. The summed E-state index contributed by atoms with van der Waals surface area (Å²) >= 11 is 0. The summed E-state index contributed by atoms with van der Waals surface area (Å²) < 4.78 is 16.6. The van der Waals surface area contributed by atoms with Gasteiger partial charge in [-0.15, -0.1) is 0 Å². The lowest BCUT2D eigenvalue weighted by Gasteiger charge is -2.26. The van der Waals surface area contributed by atoms with Gasteiger partial charge in [-0.1, -0.05) is 24.3 Å². The summed E-state index contributed by atoms with van der Waals surface area (Å²) in [4.78, 5) is 12.1. The molecule has 5 heteroatoms. The van der Waals surface area contributed by atoms with Gasteiger partial charge in [-0.2, -0.15) is 0 Å². The summed E-state index contributed by atoms with van der Waals surface area (Å²) in [5, 5.41) is 2.88. The Balaban J connectivity index is 1.50. The van der Waals surface area contributed by atoms with E-state index in [1.54, 1.807) is 7.11 Å². The predicted octanol–water partition coefficient (Wildman–Crippen LogP) is 2.19. The largest absolute Gasteiger partial charge is 0.497 e. The van der Waals surface area contributed by atoms with Crippen LogP contribution in [0.5, 0.6) is 17.2 Å². The summed E-state index contributed by atoms with van der Waals surface area (Å²) in [7, 11) is 1.61. The zero-order valence-electron chi connectivity index (χ0n) is 13.0. The molecule has 1 N–H and O–H groups in total. The lowest BCUT2D eigenvalue weighted by atomic mass is 10.1. The first kappa shape index (κ1) is 15.2. The molecular formula is C18H19NO4. The first-order chi connectivity index (χ1) is 11.2. The van der Waals surface area contributed by atoms with Crippen molar-refractivity contribution in [3.63, 3.8) is 0 Å². The topological polar surface area (TPSA) is 56.8 Å². The maximum atomic E-state index is 12.1. The highest BCUT2D eigenvalue weighted by molar-refractivity contribution is 5.78. The van der Waals surface area contributed by atoms with Crippen LogP contribution in [0.1, 0.15) is 5.56 Å². The molecule has 0 bridgehead atoms. The number of ether oxygens (including phenoxy) is 3. The zero-order valence-corrected chi connectivity index (χ0v) is 13.0. The molecule has 2 aromatic rings. The molecule has 1 atom stereocenters. The van der Waals surface area contributed by atoms with Gasteiger partial charge < -0.3 is 19.5 Å². The molecule has 1 aliphatic heterocycles. The standard InChI is InChI=1S/C18H19NO4/c1-21-14-6-4-5-13(9-14)10-18(20)19-11-15-12-22-16-7-2-3-8-17(16)23-15/h2-9,15H,10-12H2,1H3,(H,19,20)/t15-/m0/s1. The van der Waals surface area contributed by atoms with E-state index in [1.807, 2.05) is 48.5 Å². The number of amides is 1. The Hall–Kier alpha value is -2.69. The van der Waals surface area contributed by atoms with Crippen molar-refractivity contribution in [1.29, 1.82) is 0 Å². The number of fused-ring (bicyclic) bond motifs is 1. The molecule has 1 heterocycles. The maximum absolute atomic E-state index is 12.1. The van der Waals surface area contributed by atoms with Crippen LogP contribution in [-0.2, 0) is 11.2 Å². The maximum Gasteiger partial charge on any atom is 0.224 e. The number of para-hydroxylation sites is 2. The highest BCUT2D eigenvalue weighted by Gasteiger charge is 2.20. The van der Waals surface area contributed by atoms with Crippen LogP contribution in [0.4, 0.5) is 0 Å². The number of benzene rings is 2. The molecule has 0 fully saturated rings. The van der Waals surface area contributed by atoms with Crippen LogP contribution in [0.15, 0.2) is 48.5 Å². The van der Waals surface area contributed by atoms with Crippen LogP contribution in [-0.4, -0.2) is 32.3 Å². The molecule has 0 aromatic heterocycles. The van der Waals surface area contributed by atoms with Crippen LogP contribution >= 0.6 is 0 Å². The predicted molar refractivity (Wildman–Crippen MR) is 86.1 cm³/mol. The molecular weight excluding hydrogens is 294 g/mol. The van der Waals surface area contributed by atoms with Gasteiger partial charge in [0.15, 0.2) is 11.5 Å². The molecule has 0 spiro atoms. The average Bonchev–Trinajstić information content (AvgIpc) is 2.60. The van der Waals surface area contributed by atoms with E-state index in [-0.39, 0.29) is 12.0 Å². The minimum Gasteiger partial charge on any atom is -0.497 e. The number of hydrogen-bond donors (Lipinski definition) is 1. The van der Waals surface area contributed by atoms with E-state index in [4.69, 9.17) is 14.2 Å². The molecule has 1 amide bonds. The summed E-state index contributed by atoms with van der Waals surface area (Å²) in [6, 6.07) is 15.0. The monoisotopic (exact) mass is 313 g/mol. The zero-order chi connectivity index (χ0) is 16.1. The Morgan fingerprint density at radius 2 is 2.04 bits per heavy atom. The van der Waals surface area contributed by atoms with Crippen LogP contribution < -0.4 is 19.5 Å². The van der Waals surface area contributed by atoms with Crippen molar-refractivity contribution in [2.75, 3.05) is 20.3 Å². The molecule has 0 radical (unpaired) electrons. The first-order valence-corrected chi connectivity index (χ1v) is 7.52. The van der Waals surface area contributed by atoms with E-state index >= 15 is 0 Å².